The number of nitrogens with zero attached hydrogens (tertiary/aromatic N) is 1. The smallest absolute Gasteiger partial charge is 0.283 e. The van der Waals surface area contributed by atoms with Crippen LogP contribution >= 0.6 is 11.8 Å². The highest BCUT2D eigenvalue weighted by atomic mass is 32.2. The van der Waals surface area contributed by atoms with Crippen molar-refractivity contribution in [2.75, 3.05) is 10.2 Å². The van der Waals surface area contributed by atoms with Crippen molar-refractivity contribution in [1.29, 1.82) is 0 Å². The average molecular weight is 429 g/mol. The summed E-state index contributed by atoms with van der Waals surface area (Å²) in [4.78, 5) is 29.4. The molecule has 5 heteroatoms. The van der Waals surface area contributed by atoms with Crippen LogP contribution < -0.4 is 10.2 Å². The second kappa shape index (κ2) is 8.82. The van der Waals surface area contributed by atoms with Gasteiger partial charge in [0.25, 0.3) is 11.8 Å². The van der Waals surface area contributed by atoms with Crippen molar-refractivity contribution in [3.05, 3.63) is 100 Å². The summed E-state index contributed by atoms with van der Waals surface area (Å²) in [7, 11) is 0. The van der Waals surface area contributed by atoms with Crippen molar-refractivity contribution >= 4 is 35.0 Å². The molecule has 0 fully saturated rings. The average Bonchev–Trinajstić information content (AvgIpc) is 3.00. The molecule has 0 saturated heterocycles. The zero-order valence-electron chi connectivity index (χ0n) is 17.8. The van der Waals surface area contributed by atoms with E-state index in [-0.39, 0.29) is 11.8 Å². The minimum Gasteiger partial charge on any atom is -0.350 e. The predicted molar refractivity (Wildman–Crippen MR) is 127 cm³/mol. The number of aryl methyl sites for hydroxylation is 3. The monoisotopic (exact) mass is 428 g/mol. The molecule has 1 aliphatic heterocycles. The minimum atomic E-state index is -0.340. The van der Waals surface area contributed by atoms with Gasteiger partial charge in [0, 0.05) is 10.6 Å². The molecule has 1 heterocycles. The van der Waals surface area contributed by atoms with Crippen LogP contribution in [0.5, 0.6) is 0 Å². The molecular weight excluding hydrogens is 404 g/mol. The van der Waals surface area contributed by atoms with E-state index in [1.807, 2.05) is 80.6 Å². The third kappa shape index (κ3) is 4.28. The number of imide groups is 1. The Morgan fingerprint density at radius 2 is 1.58 bits per heavy atom. The number of hydrogen-bond donors (Lipinski definition) is 1. The second-order valence-corrected chi connectivity index (χ2v) is 8.61. The van der Waals surface area contributed by atoms with Crippen LogP contribution in [-0.4, -0.2) is 11.8 Å². The summed E-state index contributed by atoms with van der Waals surface area (Å²) in [5.74, 6) is -0.650. The highest BCUT2D eigenvalue weighted by Gasteiger charge is 2.40. The van der Waals surface area contributed by atoms with Gasteiger partial charge in [-0.1, -0.05) is 66.7 Å². The van der Waals surface area contributed by atoms with Crippen molar-refractivity contribution in [3.8, 4) is 0 Å². The van der Waals surface area contributed by atoms with E-state index in [9.17, 15) is 9.59 Å². The molecule has 4 nitrogen and oxygen atoms in total. The number of benzene rings is 3. The number of carbonyl (C=O) groups is 2. The second-order valence-electron chi connectivity index (χ2n) is 7.53. The number of hydrogen-bond acceptors (Lipinski definition) is 4. The molecule has 31 heavy (non-hydrogen) atoms. The summed E-state index contributed by atoms with van der Waals surface area (Å²) in [5.41, 5.74) is 5.02. The lowest BCUT2D eigenvalue weighted by Crippen LogP contribution is -2.32. The van der Waals surface area contributed by atoms with E-state index in [2.05, 4.69) is 18.3 Å². The van der Waals surface area contributed by atoms with Gasteiger partial charge in [0.1, 0.15) is 10.6 Å². The standard InChI is InChI=1S/C26H24N2O2S/c1-4-19-11-13-20(14-12-19)28-25(29)23(27-22-15-10-17(2)16-18(22)3)24(26(28)30)31-21-8-6-5-7-9-21/h5-16,27H,4H2,1-3H3. The van der Waals surface area contributed by atoms with Gasteiger partial charge in [-0.2, -0.15) is 0 Å². The molecule has 1 N–H and O–H groups in total. The van der Waals surface area contributed by atoms with Gasteiger partial charge in [-0.15, -0.1) is 0 Å². The molecular formula is C26H24N2O2S. The fourth-order valence-corrected chi connectivity index (χ4v) is 4.47. The zero-order chi connectivity index (χ0) is 22.0. The first kappa shape index (κ1) is 20.9. The maximum atomic E-state index is 13.4. The summed E-state index contributed by atoms with van der Waals surface area (Å²) < 4.78 is 0. The number of anilines is 2. The Balaban J connectivity index is 1.74. The molecule has 0 spiro atoms. The third-order valence-electron chi connectivity index (χ3n) is 5.25. The Hall–Kier alpha value is -3.31. The van der Waals surface area contributed by atoms with Crippen LogP contribution in [0.3, 0.4) is 0 Å². The molecule has 0 bridgehead atoms. The maximum Gasteiger partial charge on any atom is 0.283 e. The van der Waals surface area contributed by atoms with E-state index in [4.69, 9.17) is 0 Å². The van der Waals surface area contributed by atoms with Gasteiger partial charge < -0.3 is 5.32 Å². The van der Waals surface area contributed by atoms with Crippen molar-refractivity contribution in [2.45, 2.75) is 32.1 Å². The van der Waals surface area contributed by atoms with Gasteiger partial charge in [-0.3, -0.25) is 9.59 Å². The van der Waals surface area contributed by atoms with Crippen LogP contribution in [0.25, 0.3) is 0 Å². The van der Waals surface area contributed by atoms with Crippen molar-refractivity contribution in [3.63, 3.8) is 0 Å². The van der Waals surface area contributed by atoms with Crippen molar-refractivity contribution in [1.82, 2.24) is 0 Å². The summed E-state index contributed by atoms with van der Waals surface area (Å²) in [5, 5.41) is 3.26. The van der Waals surface area contributed by atoms with Crippen molar-refractivity contribution < 1.29 is 9.59 Å². The lowest BCUT2D eigenvalue weighted by Gasteiger charge is -2.16. The van der Waals surface area contributed by atoms with Gasteiger partial charge in [0.2, 0.25) is 0 Å². The molecule has 1 aliphatic rings. The lowest BCUT2D eigenvalue weighted by atomic mass is 10.1. The van der Waals surface area contributed by atoms with Gasteiger partial charge in [0.05, 0.1) is 5.69 Å². The van der Waals surface area contributed by atoms with E-state index < -0.39 is 0 Å². The third-order valence-corrected chi connectivity index (χ3v) is 6.34. The Labute approximate surface area is 187 Å². The number of amides is 2. The lowest BCUT2D eigenvalue weighted by molar-refractivity contribution is -0.120. The quantitative estimate of drug-likeness (QED) is 0.500. The number of nitrogens with one attached hydrogen (secondary N) is 1. The first-order valence-electron chi connectivity index (χ1n) is 10.3. The fraction of sp³-hybridized carbons (Fsp3) is 0.154. The molecule has 0 atom stereocenters. The predicted octanol–water partition coefficient (Wildman–Crippen LogP) is 5.86. The highest BCUT2D eigenvalue weighted by molar-refractivity contribution is 8.04. The SMILES string of the molecule is CCc1ccc(N2C(=O)C(Nc3ccc(C)cc3C)=C(Sc3ccccc3)C2=O)cc1. The zero-order valence-corrected chi connectivity index (χ0v) is 18.6. The van der Waals surface area contributed by atoms with E-state index in [0.29, 0.717) is 16.3 Å². The number of carbonyl (C=O) groups excluding carboxylic acids is 2. The topological polar surface area (TPSA) is 49.4 Å². The Kier molecular flexibility index (Phi) is 5.96. The number of rotatable bonds is 6. The fourth-order valence-electron chi connectivity index (χ4n) is 3.52. The molecule has 0 saturated carbocycles. The van der Waals surface area contributed by atoms with Crippen molar-refractivity contribution in [2.24, 2.45) is 0 Å². The van der Waals surface area contributed by atoms with Crippen LogP contribution in [0.1, 0.15) is 23.6 Å². The summed E-state index contributed by atoms with van der Waals surface area (Å²) in [6.45, 7) is 6.09. The van der Waals surface area contributed by atoms with Crippen LogP contribution in [0.4, 0.5) is 11.4 Å². The first-order valence-corrected chi connectivity index (χ1v) is 11.1. The van der Waals surface area contributed by atoms with Crippen LogP contribution in [0.15, 0.2) is 88.3 Å². The molecule has 0 aromatic heterocycles. The van der Waals surface area contributed by atoms with Gasteiger partial charge in [-0.25, -0.2) is 4.90 Å². The molecule has 3 aromatic carbocycles. The van der Waals surface area contributed by atoms with Gasteiger partial charge in [0.15, 0.2) is 0 Å². The highest BCUT2D eigenvalue weighted by Crippen LogP contribution is 2.38. The molecule has 2 amide bonds. The van der Waals surface area contributed by atoms with E-state index in [0.717, 1.165) is 33.7 Å². The molecule has 0 unspecified atom stereocenters. The van der Waals surface area contributed by atoms with E-state index in [1.54, 1.807) is 0 Å². The maximum absolute atomic E-state index is 13.4. The minimum absolute atomic E-state index is 0.310. The number of thioether (sulfide) groups is 1. The molecule has 0 radical (unpaired) electrons. The Bertz CT molecular complexity index is 1170. The van der Waals surface area contributed by atoms with Gasteiger partial charge in [-0.05, 0) is 61.7 Å². The van der Waals surface area contributed by atoms with Crippen LogP contribution in [0.2, 0.25) is 0 Å². The Morgan fingerprint density at radius 1 is 0.871 bits per heavy atom. The first-order chi connectivity index (χ1) is 15.0. The van der Waals surface area contributed by atoms with Gasteiger partial charge >= 0.3 is 0 Å². The van der Waals surface area contributed by atoms with Crippen LogP contribution in [0, 0.1) is 13.8 Å². The van der Waals surface area contributed by atoms with E-state index in [1.165, 1.54) is 16.7 Å². The normalized spacial score (nSPS) is 13.8. The molecule has 156 valence electrons. The Morgan fingerprint density at radius 3 is 2.23 bits per heavy atom. The van der Waals surface area contributed by atoms with Crippen LogP contribution in [-0.2, 0) is 16.0 Å². The summed E-state index contributed by atoms with van der Waals surface area (Å²) >= 11 is 1.31. The van der Waals surface area contributed by atoms with E-state index >= 15 is 0 Å². The molecule has 0 aliphatic carbocycles. The molecule has 4 rings (SSSR count). The molecule has 3 aromatic rings. The largest absolute Gasteiger partial charge is 0.350 e. The summed E-state index contributed by atoms with van der Waals surface area (Å²) in [6.07, 6.45) is 0.898. The summed E-state index contributed by atoms with van der Waals surface area (Å²) in [6, 6.07) is 23.2.